The summed E-state index contributed by atoms with van der Waals surface area (Å²) in [4.78, 5) is 26.3. The van der Waals surface area contributed by atoms with Crippen molar-refractivity contribution in [3.63, 3.8) is 0 Å². The van der Waals surface area contributed by atoms with Crippen LogP contribution in [0.15, 0.2) is 48.5 Å². The summed E-state index contributed by atoms with van der Waals surface area (Å²) >= 11 is 2.22. The minimum Gasteiger partial charge on any atom is -0.326 e. The second-order valence-corrected chi connectivity index (χ2v) is 6.99. The normalized spacial score (nSPS) is 17.4. The standard InChI is InChI=1S/C18H17IN2O2/c1-12-3-2-4-16(9-12)21-11-13(10-17(21)22)18(23)20-15-7-5-14(19)6-8-15/h2-9,13H,10-11H2,1H3,(H,20,23)/t13-/m1/s1. The maximum absolute atomic E-state index is 12.4. The van der Waals surface area contributed by atoms with Gasteiger partial charge in [0.2, 0.25) is 11.8 Å². The molecule has 1 heterocycles. The number of benzene rings is 2. The number of hydrogen-bond donors (Lipinski definition) is 1. The van der Waals surface area contributed by atoms with Gasteiger partial charge in [0.25, 0.3) is 0 Å². The zero-order valence-corrected chi connectivity index (χ0v) is 14.9. The minimum atomic E-state index is -0.317. The molecule has 118 valence electrons. The Kier molecular flexibility index (Phi) is 4.66. The average Bonchev–Trinajstić information content (AvgIpc) is 2.92. The number of nitrogens with one attached hydrogen (secondary N) is 1. The Labute approximate surface area is 149 Å². The van der Waals surface area contributed by atoms with Gasteiger partial charge in [-0.3, -0.25) is 9.59 Å². The summed E-state index contributed by atoms with van der Waals surface area (Å²) in [6, 6.07) is 15.4. The molecule has 1 aliphatic heterocycles. The van der Waals surface area contributed by atoms with Crippen LogP contribution in [0.25, 0.3) is 0 Å². The number of halogens is 1. The van der Waals surface area contributed by atoms with E-state index in [2.05, 4.69) is 27.9 Å². The van der Waals surface area contributed by atoms with Crippen molar-refractivity contribution in [1.29, 1.82) is 0 Å². The largest absolute Gasteiger partial charge is 0.326 e. The molecule has 1 fully saturated rings. The van der Waals surface area contributed by atoms with Crippen LogP contribution in [0.4, 0.5) is 11.4 Å². The quantitative estimate of drug-likeness (QED) is 0.772. The summed E-state index contributed by atoms with van der Waals surface area (Å²) in [7, 11) is 0. The first-order valence-corrected chi connectivity index (χ1v) is 8.54. The fourth-order valence-corrected chi connectivity index (χ4v) is 3.07. The van der Waals surface area contributed by atoms with E-state index in [9.17, 15) is 9.59 Å². The number of aryl methyl sites for hydroxylation is 1. The Morgan fingerprint density at radius 1 is 1.22 bits per heavy atom. The van der Waals surface area contributed by atoms with Crippen molar-refractivity contribution in [1.82, 2.24) is 0 Å². The van der Waals surface area contributed by atoms with Gasteiger partial charge in [0.15, 0.2) is 0 Å². The lowest BCUT2D eigenvalue weighted by atomic mass is 10.1. The Balaban J connectivity index is 1.69. The first kappa shape index (κ1) is 16.0. The summed E-state index contributed by atoms with van der Waals surface area (Å²) in [5.74, 6) is -0.421. The topological polar surface area (TPSA) is 49.4 Å². The van der Waals surface area contributed by atoms with Crippen molar-refractivity contribution >= 4 is 45.8 Å². The van der Waals surface area contributed by atoms with Gasteiger partial charge in [-0.25, -0.2) is 0 Å². The predicted molar refractivity (Wildman–Crippen MR) is 99.4 cm³/mol. The molecule has 23 heavy (non-hydrogen) atoms. The molecule has 0 spiro atoms. The smallest absolute Gasteiger partial charge is 0.229 e. The van der Waals surface area contributed by atoms with Crippen LogP contribution < -0.4 is 10.2 Å². The van der Waals surface area contributed by atoms with Crippen molar-refractivity contribution in [2.45, 2.75) is 13.3 Å². The fraction of sp³-hybridized carbons (Fsp3) is 0.222. The second-order valence-electron chi connectivity index (χ2n) is 5.74. The monoisotopic (exact) mass is 420 g/mol. The third-order valence-electron chi connectivity index (χ3n) is 3.92. The molecule has 1 saturated heterocycles. The SMILES string of the molecule is Cc1cccc(N2C[C@H](C(=O)Nc3ccc(I)cc3)CC2=O)c1. The van der Waals surface area contributed by atoms with Gasteiger partial charge in [0.05, 0.1) is 5.92 Å². The first-order chi connectivity index (χ1) is 11.0. The van der Waals surface area contributed by atoms with Crippen LogP contribution >= 0.6 is 22.6 Å². The average molecular weight is 420 g/mol. The van der Waals surface area contributed by atoms with E-state index in [1.54, 1.807) is 4.90 Å². The van der Waals surface area contributed by atoms with E-state index in [1.165, 1.54) is 0 Å². The Hall–Kier alpha value is -1.89. The van der Waals surface area contributed by atoms with Crippen LogP contribution in [0.3, 0.4) is 0 Å². The van der Waals surface area contributed by atoms with Crippen LogP contribution in [-0.4, -0.2) is 18.4 Å². The molecular weight excluding hydrogens is 403 g/mol. The number of hydrogen-bond acceptors (Lipinski definition) is 2. The third kappa shape index (κ3) is 3.72. The summed E-state index contributed by atoms with van der Waals surface area (Å²) in [5, 5.41) is 2.89. The number of carbonyl (C=O) groups excluding carboxylic acids is 2. The lowest BCUT2D eigenvalue weighted by Gasteiger charge is -2.17. The summed E-state index contributed by atoms with van der Waals surface area (Å²) in [6.45, 7) is 2.42. The van der Waals surface area contributed by atoms with Crippen LogP contribution in [0.5, 0.6) is 0 Å². The minimum absolute atomic E-state index is 0.00152. The molecule has 0 aliphatic carbocycles. The molecule has 0 bridgehead atoms. The Morgan fingerprint density at radius 3 is 2.65 bits per heavy atom. The predicted octanol–water partition coefficient (Wildman–Crippen LogP) is 3.59. The lowest BCUT2D eigenvalue weighted by molar-refractivity contribution is -0.122. The summed E-state index contributed by atoms with van der Waals surface area (Å²) in [6.07, 6.45) is 0.254. The highest BCUT2D eigenvalue weighted by atomic mass is 127. The molecule has 3 rings (SSSR count). The van der Waals surface area contributed by atoms with E-state index in [0.717, 1.165) is 20.5 Å². The lowest BCUT2D eigenvalue weighted by Crippen LogP contribution is -2.28. The molecule has 5 heteroatoms. The molecule has 1 N–H and O–H groups in total. The number of carbonyl (C=O) groups is 2. The van der Waals surface area contributed by atoms with Crippen LogP contribution in [-0.2, 0) is 9.59 Å². The fourth-order valence-electron chi connectivity index (χ4n) is 2.71. The molecule has 0 radical (unpaired) electrons. The second kappa shape index (κ2) is 6.70. The number of nitrogens with zero attached hydrogens (tertiary/aromatic N) is 1. The zero-order valence-electron chi connectivity index (χ0n) is 12.8. The number of rotatable bonds is 3. The van der Waals surface area contributed by atoms with Crippen molar-refractivity contribution < 1.29 is 9.59 Å². The molecule has 2 amide bonds. The molecule has 0 aromatic heterocycles. The van der Waals surface area contributed by atoms with E-state index in [1.807, 2.05) is 55.5 Å². The molecule has 0 saturated carbocycles. The van der Waals surface area contributed by atoms with Gasteiger partial charge in [0.1, 0.15) is 0 Å². The first-order valence-electron chi connectivity index (χ1n) is 7.46. The molecule has 4 nitrogen and oxygen atoms in total. The van der Waals surface area contributed by atoms with Gasteiger partial charge >= 0.3 is 0 Å². The maximum Gasteiger partial charge on any atom is 0.229 e. The van der Waals surface area contributed by atoms with Gasteiger partial charge in [0, 0.05) is 27.9 Å². The van der Waals surface area contributed by atoms with Gasteiger partial charge in [-0.15, -0.1) is 0 Å². The molecule has 1 atom stereocenters. The Bertz CT molecular complexity index is 743. The molecule has 1 aliphatic rings. The van der Waals surface area contributed by atoms with Crippen LogP contribution in [0.2, 0.25) is 0 Å². The number of amides is 2. The van der Waals surface area contributed by atoms with E-state index in [0.29, 0.717) is 6.54 Å². The highest BCUT2D eigenvalue weighted by molar-refractivity contribution is 14.1. The van der Waals surface area contributed by atoms with E-state index in [-0.39, 0.29) is 24.2 Å². The van der Waals surface area contributed by atoms with Crippen molar-refractivity contribution in [2.75, 3.05) is 16.8 Å². The molecule has 2 aromatic rings. The van der Waals surface area contributed by atoms with Crippen LogP contribution in [0.1, 0.15) is 12.0 Å². The maximum atomic E-state index is 12.4. The van der Waals surface area contributed by atoms with Gasteiger partial charge in [-0.05, 0) is 71.5 Å². The van der Waals surface area contributed by atoms with E-state index < -0.39 is 0 Å². The number of anilines is 2. The van der Waals surface area contributed by atoms with Gasteiger partial charge < -0.3 is 10.2 Å². The van der Waals surface area contributed by atoms with Gasteiger partial charge in [-0.2, -0.15) is 0 Å². The third-order valence-corrected chi connectivity index (χ3v) is 4.64. The molecule has 2 aromatic carbocycles. The zero-order chi connectivity index (χ0) is 16.4. The highest BCUT2D eigenvalue weighted by Crippen LogP contribution is 2.26. The van der Waals surface area contributed by atoms with Crippen molar-refractivity contribution in [3.05, 3.63) is 57.7 Å². The van der Waals surface area contributed by atoms with Crippen LogP contribution in [0, 0.1) is 16.4 Å². The summed E-state index contributed by atoms with van der Waals surface area (Å²) < 4.78 is 1.11. The van der Waals surface area contributed by atoms with Crippen molar-refractivity contribution in [2.24, 2.45) is 5.92 Å². The molecular formula is C18H17IN2O2. The molecule has 0 unspecified atom stereocenters. The van der Waals surface area contributed by atoms with E-state index >= 15 is 0 Å². The Morgan fingerprint density at radius 2 is 1.96 bits per heavy atom. The summed E-state index contributed by atoms with van der Waals surface area (Å²) in [5.41, 5.74) is 2.72. The van der Waals surface area contributed by atoms with Gasteiger partial charge in [-0.1, -0.05) is 12.1 Å². The van der Waals surface area contributed by atoms with Crippen molar-refractivity contribution in [3.8, 4) is 0 Å². The highest BCUT2D eigenvalue weighted by Gasteiger charge is 2.35. The van der Waals surface area contributed by atoms with E-state index in [4.69, 9.17) is 0 Å².